The normalized spacial score (nSPS) is 21.0. The van der Waals surface area contributed by atoms with Gasteiger partial charge in [-0.15, -0.1) is 0 Å². The van der Waals surface area contributed by atoms with Gasteiger partial charge in [0.15, 0.2) is 0 Å². The molecule has 1 aliphatic carbocycles. The zero-order chi connectivity index (χ0) is 11.5. The van der Waals surface area contributed by atoms with Crippen LogP contribution in [0, 0.1) is 5.92 Å². The highest BCUT2D eigenvalue weighted by Crippen LogP contribution is 2.35. The monoisotopic (exact) mass is 212 g/mol. The molecule has 0 saturated heterocycles. The third-order valence-corrected chi connectivity index (χ3v) is 3.47. The Morgan fingerprint density at radius 3 is 2.33 bits per heavy atom. The first-order valence-corrected chi connectivity index (χ1v) is 6.50. The number of nitrogens with zero attached hydrogens (tertiary/aromatic N) is 1. The maximum Gasteiger partial charge on any atom is 0.0306 e. The van der Waals surface area contributed by atoms with Gasteiger partial charge >= 0.3 is 0 Å². The van der Waals surface area contributed by atoms with E-state index in [1.165, 1.54) is 32.2 Å². The van der Waals surface area contributed by atoms with Crippen LogP contribution in [0.1, 0.15) is 53.4 Å². The van der Waals surface area contributed by atoms with Crippen LogP contribution in [0.4, 0.5) is 0 Å². The van der Waals surface area contributed by atoms with E-state index in [4.69, 9.17) is 5.73 Å². The molecule has 1 unspecified atom stereocenters. The molecule has 0 spiro atoms. The van der Waals surface area contributed by atoms with Crippen molar-refractivity contribution < 1.29 is 0 Å². The first kappa shape index (κ1) is 13.0. The minimum absolute atomic E-state index is 0.236. The SMILES string of the molecule is CCCC(C)(CN)N(CC(C)C)C1CC1. The molecule has 1 saturated carbocycles. The molecule has 2 nitrogen and oxygen atoms in total. The van der Waals surface area contributed by atoms with Crippen molar-refractivity contribution in [2.24, 2.45) is 11.7 Å². The molecule has 1 fully saturated rings. The Morgan fingerprint density at radius 1 is 1.40 bits per heavy atom. The van der Waals surface area contributed by atoms with Crippen LogP contribution in [-0.4, -0.2) is 29.6 Å². The molecule has 0 radical (unpaired) electrons. The first-order valence-electron chi connectivity index (χ1n) is 6.50. The van der Waals surface area contributed by atoms with E-state index in [1.54, 1.807) is 0 Å². The molecular formula is C13H28N2. The summed E-state index contributed by atoms with van der Waals surface area (Å²) in [6, 6.07) is 0.826. The Kier molecular flexibility index (Phi) is 4.60. The van der Waals surface area contributed by atoms with Gasteiger partial charge in [0, 0.05) is 24.7 Å². The predicted octanol–water partition coefficient (Wildman–Crippen LogP) is 2.62. The molecule has 2 N–H and O–H groups in total. The van der Waals surface area contributed by atoms with E-state index in [-0.39, 0.29) is 5.54 Å². The van der Waals surface area contributed by atoms with E-state index >= 15 is 0 Å². The van der Waals surface area contributed by atoms with Crippen molar-refractivity contribution in [1.82, 2.24) is 4.90 Å². The Morgan fingerprint density at radius 2 is 2.00 bits per heavy atom. The van der Waals surface area contributed by atoms with Gasteiger partial charge in [-0.25, -0.2) is 0 Å². The lowest BCUT2D eigenvalue weighted by Crippen LogP contribution is -2.53. The van der Waals surface area contributed by atoms with E-state index in [9.17, 15) is 0 Å². The second-order valence-electron chi connectivity index (χ2n) is 5.73. The molecule has 0 amide bonds. The molecule has 2 heteroatoms. The molecule has 0 aliphatic heterocycles. The van der Waals surface area contributed by atoms with Crippen molar-refractivity contribution >= 4 is 0 Å². The van der Waals surface area contributed by atoms with Crippen molar-refractivity contribution in [3.63, 3.8) is 0 Å². The highest BCUT2D eigenvalue weighted by Gasteiger charge is 2.39. The zero-order valence-corrected chi connectivity index (χ0v) is 10.9. The summed E-state index contributed by atoms with van der Waals surface area (Å²) in [7, 11) is 0. The average molecular weight is 212 g/mol. The quantitative estimate of drug-likeness (QED) is 0.703. The minimum Gasteiger partial charge on any atom is -0.329 e. The standard InChI is InChI=1S/C13H28N2/c1-5-8-13(4,10-14)15(9-11(2)3)12-6-7-12/h11-12H,5-10,14H2,1-4H3. The van der Waals surface area contributed by atoms with E-state index in [2.05, 4.69) is 32.6 Å². The number of nitrogens with two attached hydrogens (primary N) is 1. The highest BCUT2D eigenvalue weighted by molar-refractivity contribution is 4.96. The van der Waals surface area contributed by atoms with Crippen LogP contribution < -0.4 is 5.73 Å². The van der Waals surface area contributed by atoms with Crippen LogP contribution in [0.2, 0.25) is 0 Å². The summed E-state index contributed by atoms with van der Waals surface area (Å²) in [5.41, 5.74) is 6.23. The van der Waals surface area contributed by atoms with Crippen LogP contribution in [0.25, 0.3) is 0 Å². The molecule has 0 aromatic heterocycles. The predicted molar refractivity (Wildman–Crippen MR) is 66.9 cm³/mol. The van der Waals surface area contributed by atoms with Crippen molar-refractivity contribution in [2.45, 2.75) is 65.0 Å². The van der Waals surface area contributed by atoms with Crippen molar-refractivity contribution in [3.8, 4) is 0 Å². The lowest BCUT2D eigenvalue weighted by atomic mass is 9.92. The van der Waals surface area contributed by atoms with Gasteiger partial charge in [0.05, 0.1) is 0 Å². The van der Waals surface area contributed by atoms with Gasteiger partial charge < -0.3 is 5.73 Å². The van der Waals surface area contributed by atoms with Crippen LogP contribution in [0.3, 0.4) is 0 Å². The highest BCUT2D eigenvalue weighted by atomic mass is 15.3. The fourth-order valence-electron chi connectivity index (χ4n) is 2.49. The van der Waals surface area contributed by atoms with Gasteiger partial charge in [-0.3, -0.25) is 4.90 Å². The summed E-state index contributed by atoms with van der Waals surface area (Å²) in [6.45, 7) is 11.2. The molecule has 0 bridgehead atoms. The second kappa shape index (κ2) is 5.31. The minimum atomic E-state index is 0.236. The van der Waals surface area contributed by atoms with Gasteiger partial charge in [0.2, 0.25) is 0 Å². The lowest BCUT2D eigenvalue weighted by Gasteiger charge is -2.42. The van der Waals surface area contributed by atoms with Crippen LogP contribution in [-0.2, 0) is 0 Å². The largest absolute Gasteiger partial charge is 0.329 e. The number of hydrogen-bond donors (Lipinski definition) is 1. The third-order valence-electron chi connectivity index (χ3n) is 3.47. The van der Waals surface area contributed by atoms with E-state index in [0.29, 0.717) is 0 Å². The Labute approximate surface area is 95.2 Å². The van der Waals surface area contributed by atoms with Crippen molar-refractivity contribution in [1.29, 1.82) is 0 Å². The Bertz CT molecular complexity index is 187. The van der Waals surface area contributed by atoms with E-state index in [1.807, 2.05) is 0 Å². The first-order chi connectivity index (χ1) is 7.03. The van der Waals surface area contributed by atoms with Gasteiger partial charge in [0.1, 0.15) is 0 Å². The Balaban J connectivity index is 2.65. The van der Waals surface area contributed by atoms with E-state index in [0.717, 1.165) is 18.5 Å². The molecule has 15 heavy (non-hydrogen) atoms. The molecular weight excluding hydrogens is 184 g/mol. The van der Waals surface area contributed by atoms with E-state index < -0.39 is 0 Å². The summed E-state index contributed by atoms with van der Waals surface area (Å²) < 4.78 is 0. The molecule has 1 aliphatic rings. The second-order valence-corrected chi connectivity index (χ2v) is 5.73. The summed E-state index contributed by atoms with van der Waals surface area (Å²) in [4.78, 5) is 2.68. The average Bonchev–Trinajstić information content (AvgIpc) is 2.97. The number of hydrogen-bond acceptors (Lipinski definition) is 2. The van der Waals surface area contributed by atoms with Crippen LogP contribution in [0.5, 0.6) is 0 Å². The van der Waals surface area contributed by atoms with Gasteiger partial charge in [-0.1, -0.05) is 27.2 Å². The Hall–Kier alpha value is -0.0800. The van der Waals surface area contributed by atoms with Gasteiger partial charge in [0.25, 0.3) is 0 Å². The number of rotatable bonds is 7. The van der Waals surface area contributed by atoms with Crippen LogP contribution in [0.15, 0.2) is 0 Å². The summed E-state index contributed by atoms with van der Waals surface area (Å²) in [6.07, 6.45) is 5.22. The topological polar surface area (TPSA) is 29.3 Å². The summed E-state index contributed by atoms with van der Waals surface area (Å²) in [5.74, 6) is 0.744. The third kappa shape index (κ3) is 3.46. The smallest absolute Gasteiger partial charge is 0.0306 e. The van der Waals surface area contributed by atoms with Crippen LogP contribution >= 0.6 is 0 Å². The maximum absolute atomic E-state index is 5.99. The van der Waals surface area contributed by atoms with Crippen molar-refractivity contribution in [3.05, 3.63) is 0 Å². The molecule has 1 atom stereocenters. The molecule has 90 valence electrons. The fourth-order valence-corrected chi connectivity index (χ4v) is 2.49. The summed E-state index contributed by atoms with van der Waals surface area (Å²) >= 11 is 0. The molecule has 1 rings (SSSR count). The lowest BCUT2D eigenvalue weighted by molar-refractivity contribution is 0.0780. The zero-order valence-electron chi connectivity index (χ0n) is 10.9. The molecule has 0 heterocycles. The maximum atomic E-state index is 5.99. The van der Waals surface area contributed by atoms with Gasteiger partial charge in [-0.2, -0.15) is 0 Å². The van der Waals surface area contributed by atoms with Crippen molar-refractivity contribution in [2.75, 3.05) is 13.1 Å². The fraction of sp³-hybridized carbons (Fsp3) is 1.00. The molecule has 0 aromatic carbocycles. The summed E-state index contributed by atoms with van der Waals surface area (Å²) in [5, 5.41) is 0. The molecule has 0 aromatic rings. The van der Waals surface area contributed by atoms with Gasteiger partial charge in [-0.05, 0) is 32.1 Å².